The van der Waals surface area contributed by atoms with Gasteiger partial charge in [-0.2, -0.15) is 0 Å². The first-order valence-electron chi connectivity index (χ1n) is 6.13. The molecule has 0 aliphatic carbocycles. The Balaban J connectivity index is 2.51. The number of aryl methyl sites for hydroxylation is 1. The molecule has 0 aromatic carbocycles. The van der Waals surface area contributed by atoms with Gasteiger partial charge >= 0.3 is 5.69 Å². The molecule has 0 saturated carbocycles. The van der Waals surface area contributed by atoms with E-state index >= 15 is 0 Å². The monoisotopic (exact) mass is 280 g/mol. The van der Waals surface area contributed by atoms with Crippen molar-refractivity contribution in [3.05, 3.63) is 32.6 Å². The third-order valence-corrected chi connectivity index (χ3v) is 3.66. The Labute approximate surface area is 114 Å². The molecule has 3 N–H and O–H groups in total. The summed E-state index contributed by atoms with van der Waals surface area (Å²) >= 11 is 0. The molecule has 2 rings (SSSR count). The number of terminal acetylenes is 1. The summed E-state index contributed by atoms with van der Waals surface area (Å²) in [6, 6.07) is 0. The van der Waals surface area contributed by atoms with Crippen molar-refractivity contribution < 1.29 is 14.9 Å². The molecule has 0 radical (unpaired) electrons. The second-order valence-electron chi connectivity index (χ2n) is 4.98. The molecular formula is C13H16N2O5. The molecule has 0 amide bonds. The van der Waals surface area contributed by atoms with Gasteiger partial charge in [0.05, 0.1) is 6.61 Å². The zero-order valence-electron chi connectivity index (χ0n) is 11.2. The maximum atomic E-state index is 11.9. The van der Waals surface area contributed by atoms with E-state index in [-0.39, 0.29) is 0 Å². The van der Waals surface area contributed by atoms with Crippen LogP contribution < -0.4 is 11.2 Å². The molecule has 2 heterocycles. The standard InChI is InChI=1S/C13H16N2O5/c1-4-13(6-16)9(17)8(3)11(20-13)15-5-7(2)10(18)14-12(15)19/h1,5,8-9,11,16-17H,6H2,2-3H3,(H,14,18,19)/t8-,9-,11+,13-/m0/s1. The highest BCUT2D eigenvalue weighted by Crippen LogP contribution is 2.40. The number of rotatable bonds is 2. The van der Waals surface area contributed by atoms with Crippen molar-refractivity contribution in [3.63, 3.8) is 0 Å². The van der Waals surface area contributed by atoms with Crippen molar-refractivity contribution in [2.24, 2.45) is 5.92 Å². The van der Waals surface area contributed by atoms with E-state index in [1.807, 2.05) is 0 Å². The van der Waals surface area contributed by atoms with Crippen LogP contribution in [0.4, 0.5) is 0 Å². The Morgan fingerprint density at radius 3 is 2.75 bits per heavy atom. The van der Waals surface area contributed by atoms with E-state index in [9.17, 15) is 19.8 Å². The average molecular weight is 280 g/mol. The minimum Gasteiger partial charge on any atom is -0.392 e. The van der Waals surface area contributed by atoms with Gasteiger partial charge in [0, 0.05) is 17.7 Å². The minimum atomic E-state index is -1.55. The van der Waals surface area contributed by atoms with Gasteiger partial charge in [0.2, 0.25) is 0 Å². The lowest BCUT2D eigenvalue weighted by atomic mass is 9.92. The van der Waals surface area contributed by atoms with Crippen molar-refractivity contribution in [2.45, 2.75) is 31.8 Å². The molecule has 108 valence electrons. The number of aliphatic hydroxyl groups excluding tert-OH is 2. The predicted octanol–water partition coefficient (Wildman–Crippen LogP) is -1.26. The summed E-state index contributed by atoms with van der Waals surface area (Å²) in [5.41, 5.74) is -2.36. The van der Waals surface area contributed by atoms with E-state index in [0.717, 1.165) is 0 Å². The fraction of sp³-hybridized carbons (Fsp3) is 0.538. The second-order valence-corrected chi connectivity index (χ2v) is 4.98. The Morgan fingerprint density at radius 1 is 1.60 bits per heavy atom. The fourth-order valence-electron chi connectivity index (χ4n) is 2.35. The van der Waals surface area contributed by atoms with Crippen LogP contribution in [0.25, 0.3) is 0 Å². The third kappa shape index (κ3) is 1.98. The second kappa shape index (κ2) is 4.90. The van der Waals surface area contributed by atoms with Crippen molar-refractivity contribution in [1.29, 1.82) is 0 Å². The summed E-state index contributed by atoms with van der Waals surface area (Å²) in [6.07, 6.45) is 4.68. The summed E-state index contributed by atoms with van der Waals surface area (Å²) in [5.74, 6) is 1.72. The first kappa shape index (κ1) is 14.5. The lowest BCUT2D eigenvalue weighted by molar-refractivity contribution is -0.0919. The highest BCUT2D eigenvalue weighted by molar-refractivity contribution is 5.17. The van der Waals surface area contributed by atoms with Gasteiger partial charge in [-0.05, 0) is 6.92 Å². The molecular weight excluding hydrogens is 264 g/mol. The summed E-state index contributed by atoms with van der Waals surface area (Å²) in [6.45, 7) is 2.63. The first-order valence-corrected chi connectivity index (χ1v) is 6.13. The molecule has 1 aliphatic rings. The van der Waals surface area contributed by atoms with E-state index in [1.165, 1.54) is 10.8 Å². The number of H-pyrrole nitrogens is 1. The molecule has 1 aromatic rings. The van der Waals surface area contributed by atoms with Crippen molar-refractivity contribution in [3.8, 4) is 12.3 Å². The number of nitrogens with zero attached hydrogens (tertiary/aromatic N) is 1. The van der Waals surface area contributed by atoms with Crippen LogP contribution in [0.2, 0.25) is 0 Å². The number of nitrogens with one attached hydrogen (secondary N) is 1. The molecule has 0 unspecified atom stereocenters. The molecule has 20 heavy (non-hydrogen) atoms. The molecule has 1 aromatic heterocycles. The van der Waals surface area contributed by atoms with Crippen molar-refractivity contribution in [2.75, 3.05) is 6.61 Å². The minimum absolute atomic E-state index is 0.331. The summed E-state index contributed by atoms with van der Waals surface area (Å²) < 4.78 is 6.70. The van der Waals surface area contributed by atoms with Crippen LogP contribution in [0.1, 0.15) is 18.7 Å². The van der Waals surface area contributed by atoms with E-state index in [2.05, 4.69) is 10.9 Å². The average Bonchev–Trinajstić information content (AvgIpc) is 2.68. The highest BCUT2D eigenvalue weighted by atomic mass is 16.6. The number of aromatic amines is 1. The van der Waals surface area contributed by atoms with Crippen LogP contribution in [0.5, 0.6) is 0 Å². The largest absolute Gasteiger partial charge is 0.392 e. The van der Waals surface area contributed by atoms with Crippen LogP contribution in [0, 0.1) is 25.2 Å². The Bertz CT molecular complexity index is 671. The summed E-state index contributed by atoms with van der Waals surface area (Å²) in [7, 11) is 0. The number of hydrogen-bond acceptors (Lipinski definition) is 5. The normalized spacial score (nSPS) is 33.0. The van der Waals surface area contributed by atoms with E-state index in [4.69, 9.17) is 11.2 Å². The van der Waals surface area contributed by atoms with Crippen molar-refractivity contribution in [1.82, 2.24) is 9.55 Å². The third-order valence-electron chi connectivity index (χ3n) is 3.66. The van der Waals surface area contributed by atoms with Gasteiger partial charge in [-0.1, -0.05) is 12.8 Å². The Hall–Kier alpha value is -1.88. The lowest BCUT2D eigenvalue weighted by Gasteiger charge is -2.23. The molecule has 0 spiro atoms. The maximum Gasteiger partial charge on any atom is 0.330 e. The number of ether oxygens (including phenoxy) is 1. The van der Waals surface area contributed by atoms with E-state index in [0.29, 0.717) is 5.56 Å². The van der Waals surface area contributed by atoms with Gasteiger partial charge in [-0.3, -0.25) is 14.3 Å². The molecule has 7 nitrogen and oxygen atoms in total. The maximum absolute atomic E-state index is 11.9. The van der Waals surface area contributed by atoms with Crippen LogP contribution in [-0.4, -0.2) is 38.1 Å². The van der Waals surface area contributed by atoms with Crippen LogP contribution in [0.15, 0.2) is 15.8 Å². The van der Waals surface area contributed by atoms with Gasteiger partial charge in [0.15, 0.2) is 5.60 Å². The SMILES string of the molecule is C#C[C@@]1(CO)O[C@@H](n2cc(C)c(=O)[nH]c2=O)[C@@H](C)[C@@H]1O. The summed E-state index contributed by atoms with van der Waals surface area (Å²) in [4.78, 5) is 25.4. The molecule has 1 aliphatic heterocycles. The quantitative estimate of drug-likeness (QED) is 0.586. The zero-order valence-corrected chi connectivity index (χ0v) is 11.2. The van der Waals surface area contributed by atoms with E-state index in [1.54, 1.807) is 13.8 Å². The Morgan fingerprint density at radius 2 is 2.25 bits per heavy atom. The number of aromatic nitrogens is 2. The number of aliphatic hydroxyl groups is 2. The van der Waals surface area contributed by atoms with Gasteiger partial charge in [0.1, 0.15) is 12.3 Å². The number of hydrogen-bond donors (Lipinski definition) is 3. The van der Waals surface area contributed by atoms with E-state index < -0.39 is 41.7 Å². The highest BCUT2D eigenvalue weighted by Gasteiger charge is 2.52. The predicted molar refractivity (Wildman–Crippen MR) is 70.0 cm³/mol. The Kier molecular flexibility index (Phi) is 3.56. The van der Waals surface area contributed by atoms with Crippen molar-refractivity contribution >= 4 is 0 Å². The summed E-state index contributed by atoms with van der Waals surface area (Å²) in [5, 5.41) is 19.5. The van der Waals surface area contributed by atoms with Crippen LogP contribution >= 0.6 is 0 Å². The molecule has 7 heteroatoms. The zero-order chi connectivity index (χ0) is 15.1. The van der Waals surface area contributed by atoms with Gasteiger partial charge in [0.25, 0.3) is 5.56 Å². The van der Waals surface area contributed by atoms with Crippen LogP contribution in [0.3, 0.4) is 0 Å². The molecule has 1 fully saturated rings. The smallest absolute Gasteiger partial charge is 0.330 e. The fourth-order valence-corrected chi connectivity index (χ4v) is 2.35. The van der Waals surface area contributed by atoms with Crippen LogP contribution in [-0.2, 0) is 4.74 Å². The van der Waals surface area contributed by atoms with Gasteiger partial charge in [-0.15, -0.1) is 6.42 Å². The molecule has 0 bridgehead atoms. The first-order chi connectivity index (χ1) is 9.36. The molecule has 1 saturated heterocycles. The molecule has 4 atom stereocenters. The van der Waals surface area contributed by atoms with Gasteiger partial charge < -0.3 is 14.9 Å². The topological polar surface area (TPSA) is 105 Å². The lowest BCUT2D eigenvalue weighted by Crippen LogP contribution is -2.43. The van der Waals surface area contributed by atoms with Gasteiger partial charge in [-0.25, -0.2) is 4.79 Å².